The van der Waals surface area contributed by atoms with Crippen LogP contribution in [0.15, 0.2) is 18.3 Å². The number of amides is 1. The molecule has 3 aromatic rings. The highest BCUT2D eigenvalue weighted by molar-refractivity contribution is 7.22. The summed E-state index contributed by atoms with van der Waals surface area (Å²) >= 11 is 1.59. The largest absolute Gasteiger partial charge is 0.391 e. The average Bonchev–Trinajstić information content (AvgIpc) is 3.55. The minimum Gasteiger partial charge on any atom is -0.391 e. The Morgan fingerprint density at radius 2 is 1.86 bits per heavy atom. The summed E-state index contributed by atoms with van der Waals surface area (Å²) in [4.78, 5) is 38.2. The number of nitrogens with one attached hydrogen (secondary N) is 1. The topological polar surface area (TPSA) is 120 Å². The summed E-state index contributed by atoms with van der Waals surface area (Å²) in [7, 11) is 0. The van der Waals surface area contributed by atoms with Gasteiger partial charge in [0.15, 0.2) is 16.6 Å². The van der Waals surface area contributed by atoms with E-state index in [2.05, 4.69) is 25.1 Å². The molecule has 3 aliphatic heterocycles. The number of hydrogen-bond acceptors (Lipinski definition) is 11. The zero-order valence-electron chi connectivity index (χ0n) is 20.1. The molecule has 0 saturated carbocycles. The third-order valence-corrected chi connectivity index (χ3v) is 7.91. The number of morpholine rings is 1. The van der Waals surface area contributed by atoms with E-state index in [1.54, 1.807) is 23.6 Å². The second kappa shape index (κ2) is 10.1. The van der Waals surface area contributed by atoms with E-state index < -0.39 is 6.10 Å². The van der Waals surface area contributed by atoms with Crippen LogP contribution in [-0.2, 0) is 4.74 Å². The minimum absolute atomic E-state index is 0.282. The molecule has 36 heavy (non-hydrogen) atoms. The number of nitrogens with zero attached hydrogens (tertiary/aromatic N) is 7. The second-order valence-electron chi connectivity index (χ2n) is 9.41. The van der Waals surface area contributed by atoms with Crippen molar-refractivity contribution in [3.8, 4) is 0 Å². The first-order valence-electron chi connectivity index (χ1n) is 12.6. The van der Waals surface area contributed by atoms with Crippen molar-refractivity contribution in [2.45, 2.75) is 31.8 Å². The molecule has 190 valence electrons. The van der Waals surface area contributed by atoms with Gasteiger partial charge in [0.2, 0.25) is 5.95 Å². The molecule has 0 radical (unpaired) electrons. The predicted molar refractivity (Wildman–Crippen MR) is 139 cm³/mol. The third kappa shape index (κ3) is 4.80. The van der Waals surface area contributed by atoms with Gasteiger partial charge in [-0.3, -0.25) is 4.79 Å². The van der Waals surface area contributed by atoms with Crippen LogP contribution >= 0.6 is 11.3 Å². The number of ether oxygens (including phenoxy) is 1. The lowest BCUT2D eigenvalue weighted by molar-refractivity contribution is 0.102. The summed E-state index contributed by atoms with van der Waals surface area (Å²) in [5.41, 5.74) is 1.66. The lowest BCUT2D eigenvalue weighted by atomic mass is 10.1. The molecule has 11 nitrogen and oxygen atoms in total. The molecule has 0 bridgehead atoms. The normalized spacial score (nSPS) is 20.8. The Labute approximate surface area is 213 Å². The lowest BCUT2D eigenvalue weighted by Gasteiger charge is -2.29. The van der Waals surface area contributed by atoms with Gasteiger partial charge >= 0.3 is 0 Å². The van der Waals surface area contributed by atoms with Gasteiger partial charge in [-0.2, -0.15) is 4.98 Å². The van der Waals surface area contributed by atoms with E-state index in [0.717, 1.165) is 54.7 Å². The number of β-amino-alcohol motifs (C(OH)–C–C–N with tert-alkyl or cyclic N) is 1. The van der Waals surface area contributed by atoms with Crippen molar-refractivity contribution in [2.24, 2.45) is 0 Å². The molecule has 0 aromatic carbocycles. The van der Waals surface area contributed by atoms with Crippen molar-refractivity contribution in [1.29, 1.82) is 0 Å². The molecule has 6 rings (SSSR count). The number of hydrogen-bond donors (Lipinski definition) is 2. The monoisotopic (exact) mass is 510 g/mol. The number of anilines is 4. The SMILES string of the molecule is O=C(Nc1cc2sc(N3CCOCC3)nc2nc1N1CCCCC1)c1ccnc(N2CCC(O)C2)n1. The molecular formula is C24H30N8O3S. The van der Waals surface area contributed by atoms with Crippen LogP contribution in [0.25, 0.3) is 10.3 Å². The number of aliphatic hydroxyl groups excluding tert-OH is 1. The third-order valence-electron chi connectivity index (χ3n) is 6.86. The number of fused-ring (bicyclic) bond motifs is 1. The molecule has 3 aromatic heterocycles. The van der Waals surface area contributed by atoms with Crippen molar-refractivity contribution < 1.29 is 14.6 Å². The fourth-order valence-corrected chi connectivity index (χ4v) is 5.91. The highest BCUT2D eigenvalue weighted by atomic mass is 32.1. The van der Waals surface area contributed by atoms with Gasteiger partial charge in [0.25, 0.3) is 5.91 Å². The average molecular weight is 511 g/mol. The van der Waals surface area contributed by atoms with E-state index in [4.69, 9.17) is 14.7 Å². The predicted octanol–water partition coefficient (Wildman–Crippen LogP) is 2.13. The fraction of sp³-hybridized carbons (Fsp3) is 0.542. The number of rotatable bonds is 5. The van der Waals surface area contributed by atoms with Gasteiger partial charge in [0.1, 0.15) is 5.69 Å². The quantitative estimate of drug-likeness (QED) is 0.528. The van der Waals surface area contributed by atoms with Crippen LogP contribution < -0.4 is 20.0 Å². The van der Waals surface area contributed by atoms with E-state index in [1.165, 1.54) is 6.42 Å². The smallest absolute Gasteiger partial charge is 0.274 e. The van der Waals surface area contributed by atoms with E-state index >= 15 is 0 Å². The zero-order valence-corrected chi connectivity index (χ0v) is 20.9. The van der Waals surface area contributed by atoms with Gasteiger partial charge in [-0.1, -0.05) is 11.3 Å². The molecule has 6 heterocycles. The number of carbonyl (C=O) groups is 1. The number of thiazole rings is 1. The summed E-state index contributed by atoms with van der Waals surface area (Å²) < 4.78 is 6.42. The summed E-state index contributed by atoms with van der Waals surface area (Å²) in [5, 5.41) is 13.9. The maximum atomic E-state index is 13.3. The summed E-state index contributed by atoms with van der Waals surface area (Å²) in [6, 6.07) is 3.60. The fourth-order valence-electron chi connectivity index (χ4n) is 4.91. The molecule has 0 aliphatic carbocycles. The van der Waals surface area contributed by atoms with Crippen molar-refractivity contribution >= 4 is 50.2 Å². The maximum Gasteiger partial charge on any atom is 0.274 e. The molecule has 1 unspecified atom stereocenters. The molecular weight excluding hydrogens is 480 g/mol. The van der Waals surface area contributed by atoms with Crippen LogP contribution in [-0.4, -0.2) is 89.5 Å². The number of piperidine rings is 1. The van der Waals surface area contributed by atoms with Gasteiger partial charge in [-0.15, -0.1) is 0 Å². The first kappa shape index (κ1) is 23.3. The van der Waals surface area contributed by atoms with Crippen molar-refractivity contribution in [1.82, 2.24) is 19.9 Å². The summed E-state index contributed by atoms with van der Waals surface area (Å²) in [6.07, 6.45) is 5.27. The van der Waals surface area contributed by atoms with Gasteiger partial charge in [-0.25, -0.2) is 15.0 Å². The van der Waals surface area contributed by atoms with Crippen molar-refractivity contribution in [2.75, 3.05) is 72.5 Å². The Bertz CT molecular complexity index is 1240. The molecule has 3 fully saturated rings. The van der Waals surface area contributed by atoms with E-state index in [9.17, 15) is 9.90 Å². The van der Waals surface area contributed by atoms with Crippen molar-refractivity contribution in [3.05, 3.63) is 24.0 Å². The zero-order chi connectivity index (χ0) is 24.5. The van der Waals surface area contributed by atoms with Gasteiger partial charge in [-0.05, 0) is 37.8 Å². The molecule has 3 aliphatic rings. The van der Waals surface area contributed by atoms with Crippen LogP contribution in [0.5, 0.6) is 0 Å². The summed E-state index contributed by atoms with van der Waals surface area (Å²) in [5.74, 6) is 0.906. The highest BCUT2D eigenvalue weighted by Crippen LogP contribution is 2.35. The van der Waals surface area contributed by atoms with Gasteiger partial charge < -0.3 is 29.9 Å². The molecule has 2 N–H and O–H groups in total. The maximum absolute atomic E-state index is 13.3. The van der Waals surface area contributed by atoms with E-state index in [1.807, 2.05) is 11.0 Å². The Balaban J connectivity index is 1.30. The highest BCUT2D eigenvalue weighted by Gasteiger charge is 2.25. The first-order chi connectivity index (χ1) is 17.6. The Morgan fingerprint density at radius 3 is 2.64 bits per heavy atom. The Hall–Kier alpha value is -3.09. The second-order valence-corrected chi connectivity index (χ2v) is 10.4. The van der Waals surface area contributed by atoms with Gasteiger partial charge in [0, 0.05) is 45.5 Å². The molecule has 0 spiro atoms. The molecule has 1 atom stereocenters. The van der Waals surface area contributed by atoms with E-state index in [-0.39, 0.29) is 11.6 Å². The molecule has 12 heteroatoms. The molecule has 1 amide bonds. The van der Waals surface area contributed by atoms with Crippen molar-refractivity contribution in [3.63, 3.8) is 0 Å². The first-order valence-corrected chi connectivity index (χ1v) is 13.4. The van der Waals surface area contributed by atoms with Crippen LogP contribution in [0.1, 0.15) is 36.2 Å². The molecule has 3 saturated heterocycles. The Kier molecular flexibility index (Phi) is 6.55. The standard InChI is InChI=1S/C24H30N8O3S/c33-16-5-9-32(15-16)23-25-6-4-17(27-23)22(34)26-18-14-19-20(28-21(18)30-7-2-1-3-8-30)29-24(36-19)31-10-12-35-13-11-31/h4,6,14,16,33H,1-3,5,7-13,15H2,(H,26,34). The number of aromatic nitrogens is 4. The van der Waals surface area contributed by atoms with Gasteiger partial charge in [0.05, 0.1) is 29.7 Å². The van der Waals surface area contributed by atoms with Crippen LogP contribution in [0.2, 0.25) is 0 Å². The number of pyridine rings is 1. The van der Waals surface area contributed by atoms with Crippen LogP contribution in [0.3, 0.4) is 0 Å². The van der Waals surface area contributed by atoms with Crippen LogP contribution in [0.4, 0.5) is 22.6 Å². The Morgan fingerprint density at radius 1 is 1.03 bits per heavy atom. The van der Waals surface area contributed by atoms with E-state index in [0.29, 0.717) is 50.0 Å². The summed E-state index contributed by atoms with van der Waals surface area (Å²) in [6.45, 7) is 5.96. The number of carbonyl (C=O) groups excluding carboxylic acids is 1. The lowest BCUT2D eigenvalue weighted by Crippen LogP contribution is -2.36. The minimum atomic E-state index is -0.391. The number of aliphatic hydroxyl groups is 1. The van der Waals surface area contributed by atoms with Crippen LogP contribution in [0, 0.1) is 0 Å².